The standard InChI is InChI=1S/C53H103N5O23/c1-52(2,3)80-50(62)58(51(63)81-53(4,5)6)79-43-42-76-37-36-73-31-30-70-27-24-67-21-18-64-15-9-11-47(59)46(57-49(61)45-78-41-39-75-35-33-72-29-26-69-23-20-66-17-13-55)10-7-8-14-56-48(60)44-77-40-38-74-34-32-71-28-25-68-22-19-65-16-12-54/h46H,7-45,54-55H2,1-6H3,(H,56,60)(H,57,61)/t46-/m0/s1. The Hall–Kier alpha value is -3.37. The molecule has 478 valence electrons. The van der Waals surface area contributed by atoms with Crippen LogP contribution in [-0.4, -0.2) is 277 Å². The van der Waals surface area contributed by atoms with E-state index in [-0.39, 0.29) is 77.6 Å². The predicted molar refractivity (Wildman–Crippen MR) is 294 cm³/mol. The molecule has 0 unspecified atom stereocenters. The third kappa shape index (κ3) is 56.9. The molecule has 0 fully saturated rings. The molecule has 81 heavy (non-hydrogen) atoms. The van der Waals surface area contributed by atoms with Gasteiger partial charge in [-0.2, -0.15) is 0 Å². The first-order valence-corrected chi connectivity index (χ1v) is 28.1. The molecule has 0 spiro atoms. The lowest BCUT2D eigenvalue weighted by molar-refractivity contribution is -0.148. The first-order chi connectivity index (χ1) is 39.1. The molecule has 0 aromatic carbocycles. The second kappa shape index (κ2) is 55.8. The molecule has 0 saturated carbocycles. The topological polar surface area (TPSA) is 331 Å². The van der Waals surface area contributed by atoms with Crippen LogP contribution in [0.25, 0.3) is 0 Å². The average molecular weight is 1180 g/mol. The number of nitrogens with one attached hydrogen (secondary N) is 2. The van der Waals surface area contributed by atoms with Crippen molar-refractivity contribution in [3.05, 3.63) is 0 Å². The summed E-state index contributed by atoms with van der Waals surface area (Å²) >= 11 is 0. The zero-order chi connectivity index (χ0) is 59.8. The minimum atomic E-state index is -0.997. The lowest BCUT2D eigenvalue weighted by atomic mass is 10.0. The van der Waals surface area contributed by atoms with Crippen molar-refractivity contribution >= 4 is 29.8 Å². The number of ether oxygens (including phenoxy) is 17. The van der Waals surface area contributed by atoms with E-state index in [4.69, 9.17) is 96.8 Å². The molecule has 0 aromatic rings. The summed E-state index contributed by atoms with van der Waals surface area (Å²) in [4.78, 5) is 68.7. The van der Waals surface area contributed by atoms with Gasteiger partial charge in [0, 0.05) is 32.7 Å². The Morgan fingerprint density at radius 2 is 0.691 bits per heavy atom. The summed E-state index contributed by atoms with van der Waals surface area (Å²) in [6.07, 6.45) is 0.147. The number of hydrogen-bond acceptors (Lipinski definition) is 25. The van der Waals surface area contributed by atoms with Gasteiger partial charge in [-0.15, -0.1) is 0 Å². The zero-order valence-electron chi connectivity index (χ0n) is 49.6. The largest absolute Gasteiger partial charge is 0.444 e. The summed E-state index contributed by atoms with van der Waals surface area (Å²) in [7, 11) is 0. The fourth-order valence-electron chi connectivity index (χ4n) is 6.04. The molecule has 1 atom stereocenters. The molecule has 0 bridgehead atoms. The van der Waals surface area contributed by atoms with E-state index in [0.717, 1.165) is 0 Å². The predicted octanol–water partition coefficient (Wildman–Crippen LogP) is 1.38. The molecule has 0 aromatic heterocycles. The monoisotopic (exact) mass is 1180 g/mol. The highest BCUT2D eigenvalue weighted by molar-refractivity contribution is 5.89. The molecule has 0 aliphatic heterocycles. The molecule has 6 N–H and O–H groups in total. The van der Waals surface area contributed by atoms with Crippen LogP contribution < -0.4 is 22.1 Å². The number of carbonyl (C=O) groups excluding carboxylic acids is 5. The molecule has 0 saturated heterocycles. The highest BCUT2D eigenvalue weighted by Crippen LogP contribution is 2.15. The molecule has 0 radical (unpaired) electrons. The van der Waals surface area contributed by atoms with E-state index in [1.807, 2.05) is 0 Å². The number of nitrogens with two attached hydrogens (primary N) is 2. The Bertz CT molecular complexity index is 1470. The fourth-order valence-corrected chi connectivity index (χ4v) is 6.04. The van der Waals surface area contributed by atoms with Gasteiger partial charge in [-0.1, -0.05) is 5.06 Å². The van der Waals surface area contributed by atoms with Crippen molar-refractivity contribution in [1.82, 2.24) is 15.7 Å². The number of rotatable bonds is 59. The normalized spacial score (nSPS) is 12.1. The average Bonchev–Trinajstić information content (AvgIpc) is 3.42. The molecule has 0 rings (SSSR count). The summed E-state index contributed by atoms with van der Waals surface area (Å²) in [6, 6.07) is -0.743. The van der Waals surface area contributed by atoms with Gasteiger partial charge in [0.15, 0.2) is 5.78 Å². The summed E-state index contributed by atoms with van der Waals surface area (Å²) in [5.41, 5.74) is 9.04. The Morgan fingerprint density at radius 1 is 0.383 bits per heavy atom. The third-order valence-electron chi connectivity index (χ3n) is 9.70. The number of nitrogens with zero attached hydrogens (tertiary/aromatic N) is 1. The molecular weight excluding hydrogens is 1070 g/mol. The van der Waals surface area contributed by atoms with E-state index in [1.54, 1.807) is 41.5 Å². The number of imide groups is 1. The van der Waals surface area contributed by atoms with Crippen molar-refractivity contribution < 1.29 is 109 Å². The zero-order valence-corrected chi connectivity index (χ0v) is 49.6. The van der Waals surface area contributed by atoms with Crippen LogP contribution in [-0.2, 0) is 99.7 Å². The van der Waals surface area contributed by atoms with Gasteiger partial charge in [0.2, 0.25) is 11.8 Å². The Kier molecular flexibility index (Phi) is 53.5. The maximum Gasteiger partial charge on any atom is 0.444 e. The molecule has 28 heteroatoms. The number of Topliss-reactive ketones (excluding diaryl/α,β-unsaturated/α-hetero) is 1. The number of amides is 4. The number of carbonyl (C=O) groups is 5. The van der Waals surface area contributed by atoms with Crippen molar-refractivity contribution in [2.24, 2.45) is 11.5 Å². The minimum Gasteiger partial charge on any atom is -0.442 e. The van der Waals surface area contributed by atoms with Gasteiger partial charge in [-0.3, -0.25) is 19.2 Å². The summed E-state index contributed by atoms with van der Waals surface area (Å²) < 4.78 is 92.2. The Balaban J connectivity index is 4.38. The van der Waals surface area contributed by atoms with Gasteiger partial charge < -0.3 is 103 Å². The van der Waals surface area contributed by atoms with E-state index in [1.165, 1.54) is 0 Å². The van der Waals surface area contributed by atoms with Gasteiger partial charge in [-0.05, 0) is 67.2 Å². The molecule has 0 heterocycles. The van der Waals surface area contributed by atoms with Crippen LogP contribution in [0, 0.1) is 0 Å². The van der Waals surface area contributed by atoms with Crippen LogP contribution in [0.1, 0.15) is 73.6 Å². The van der Waals surface area contributed by atoms with E-state index in [2.05, 4.69) is 10.6 Å². The Morgan fingerprint density at radius 3 is 1.04 bits per heavy atom. The van der Waals surface area contributed by atoms with E-state index in [0.29, 0.717) is 196 Å². The molecule has 0 aliphatic carbocycles. The smallest absolute Gasteiger partial charge is 0.442 e. The maximum atomic E-state index is 13.3. The second-order valence-electron chi connectivity index (χ2n) is 19.3. The number of hydrogen-bond donors (Lipinski definition) is 4. The van der Waals surface area contributed by atoms with Gasteiger partial charge in [0.05, 0.1) is 191 Å². The second-order valence-corrected chi connectivity index (χ2v) is 19.3. The SMILES string of the molecule is CC(C)(C)OC(=O)N(OCCOCCOCCOCCOCCOCCCC(=O)[C@H](CCCCNC(=O)COCCOCCOCCOCCOCCN)NC(=O)COCCOCCOCCOCCOCCN)C(=O)OC(C)(C)C. The number of ketones is 1. The van der Waals surface area contributed by atoms with Gasteiger partial charge in [0.1, 0.15) is 24.4 Å². The van der Waals surface area contributed by atoms with Crippen LogP contribution in [0.15, 0.2) is 0 Å². The maximum absolute atomic E-state index is 13.3. The van der Waals surface area contributed by atoms with Gasteiger partial charge >= 0.3 is 12.2 Å². The van der Waals surface area contributed by atoms with E-state index in [9.17, 15) is 24.0 Å². The van der Waals surface area contributed by atoms with E-state index >= 15 is 0 Å². The third-order valence-corrected chi connectivity index (χ3v) is 9.70. The molecular formula is C53H103N5O23. The minimum absolute atomic E-state index is 0.0767. The van der Waals surface area contributed by atoms with Crippen molar-refractivity contribution in [2.45, 2.75) is 90.9 Å². The highest BCUT2D eigenvalue weighted by Gasteiger charge is 2.32. The lowest BCUT2D eigenvalue weighted by Gasteiger charge is -2.27. The van der Waals surface area contributed by atoms with Crippen LogP contribution in [0.5, 0.6) is 0 Å². The fraction of sp³-hybridized carbons (Fsp3) is 0.906. The van der Waals surface area contributed by atoms with Crippen molar-refractivity contribution in [3.63, 3.8) is 0 Å². The van der Waals surface area contributed by atoms with Gasteiger partial charge in [-0.25, -0.2) is 9.59 Å². The lowest BCUT2D eigenvalue weighted by Crippen LogP contribution is -2.44. The summed E-state index contributed by atoms with van der Waals surface area (Å²) in [5.74, 6) is -0.840. The van der Waals surface area contributed by atoms with Gasteiger partial charge in [0.25, 0.3) is 0 Å². The van der Waals surface area contributed by atoms with Crippen LogP contribution in [0.3, 0.4) is 0 Å². The van der Waals surface area contributed by atoms with Crippen molar-refractivity contribution in [2.75, 3.05) is 224 Å². The van der Waals surface area contributed by atoms with Crippen LogP contribution in [0.2, 0.25) is 0 Å². The summed E-state index contributed by atoms with van der Waals surface area (Å²) in [5, 5.41) is 6.06. The van der Waals surface area contributed by atoms with Crippen LogP contribution >= 0.6 is 0 Å². The van der Waals surface area contributed by atoms with Crippen LogP contribution in [0.4, 0.5) is 9.59 Å². The first kappa shape index (κ1) is 77.6. The Labute approximate surface area is 480 Å². The first-order valence-electron chi connectivity index (χ1n) is 28.1. The van der Waals surface area contributed by atoms with Crippen molar-refractivity contribution in [1.29, 1.82) is 0 Å². The van der Waals surface area contributed by atoms with Crippen molar-refractivity contribution in [3.8, 4) is 0 Å². The molecule has 28 nitrogen and oxygen atoms in total. The van der Waals surface area contributed by atoms with E-state index < -0.39 is 35.3 Å². The number of hydroxylamine groups is 2. The quantitative estimate of drug-likeness (QED) is 0.0494. The molecule has 4 amide bonds. The summed E-state index contributed by atoms with van der Waals surface area (Å²) in [6.45, 7) is 21.0. The molecule has 0 aliphatic rings. The highest BCUT2D eigenvalue weighted by atomic mass is 16.8. The number of unbranched alkanes of at least 4 members (excludes halogenated alkanes) is 1.